The van der Waals surface area contributed by atoms with Gasteiger partial charge in [0.25, 0.3) is 0 Å². The van der Waals surface area contributed by atoms with Crippen LogP contribution in [0.25, 0.3) is 6.08 Å². The highest BCUT2D eigenvalue weighted by Crippen LogP contribution is 2.30. The van der Waals surface area contributed by atoms with Crippen LogP contribution in [-0.2, 0) is 0 Å². The zero-order valence-electron chi connectivity index (χ0n) is 13.6. The van der Waals surface area contributed by atoms with Crippen LogP contribution >= 0.6 is 46.1 Å². The van der Waals surface area contributed by atoms with E-state index in [1.54, 1.807) is 43.3 Å². The van der Waals surface area contributed by atoms with E-state index in [0.717, 1.165) is 11.3 Å². The van der Waals surface area contributed by atoms with Crippen LogP contribution in [0.1, 0.15) is 20.9 Å². The highest BCUT2D eigenvalue weighted by molar-refractivity contribution is 7.17. The Kier molecular flexibility index (Phi) is 5.99. The molecule has 3 rings (SSSR count). The number of halogens is 3. The van der Waals surface area contributed by atoms with E-state index in [-0.39, 0.29) is 5.78 Å². The molecule has 0 aliphatic carbocycles. The SMILES string of the molecule is Cc1nc(Nc2ccc(Cl)c(Cl)c2)sc1C(=O)/C=C/c1ccc(Cl)cc1. The van der Waals surface area contributed by atoms with Crippen LogP contribution in [0.15, 0.2) is 48.5 Å². The highest BCUT2D eigenvalue weighted by atomic mass is 35.5. The number of aryl methyl sites for hydroxylation is 1. The second kappa shape index (κ2) is 8.23. The summed E-state index contributed by atoms with van der Waals surface area (Å²) in [6.07, 6.45) is 3.29. The largest absolute Gasteiger partial charge is 0.331 e. The lowest BCUT2D eigenvalue weighted by Gasteiger charge is -2.03. The Morgan fingerprint density at radius 2 is 1.81 bits per heavy atom. The third-order valence-electron chi connectivity index (χ3n) is 3.49. The van der Waals surface area contributed by atoms with Crippen LogP contribution in [0, 0.1) is 6.92 Å². The molecule has 2 aromatic carbocycles. The molecular weight excluding hydrogens is 411 g/mol. The number of aromatic nitrogens is 1. The number of nitrogens with one attached hydrogen (secondary N) is 1. The highest BCUT2D eigenvalue weighted by Gasteiger charge is 2.13. The van der Waals surface area contributed by atoms with E-state index >= 15 is 0 Å². The molecule has 3 aromatic rings. The Bertz CT molecular complexity index is 981. The summed E-state index contributed by atoms with van der Waals surface area (Å²) in [5.74, 6) is -0.0999. The number of allylic oxidation sites excluding steroid dienone is 1. The number of nitrogens with zero attached hydrogens (tertiary/aromatic N) is 1. The predicted octanol–water partition coefficient (Wildman–Crippen LogP) is 7.05. The van der Waals surface area contributed by atoms with Gasteiger partial charge in [0.1, 0.15) is 0 Å². The van der Waals surface area contributed by atoms with Gasteiger partial charge in [-0.3, -0.25) is 4.79 Å². The number of benzene rings is 2. The van der Waals surface area contributed by atoms with Crippen molar-refractivity contribution in [2.75, 3.05) is 5.32 Å². The van der Waals surface area contributed by atoms with Gasteiger partial charge in [-0.2, -0.15) is 0 Å². The van der Waals surface area contributed by atoms with E-state index in [4.69, 9.17) is 34.8 Å². The monoisotopic (exact) mass is 422 g/mol. The first-order valence-electron chi connectivity index (χ1n) is 7.60. The first-order valence-corrected chi connectivity index (χ1v) is 9.55. The van der Waals surface area contributed by atoms with Gasteiger partial charge in [-0.15, -0.1) is 0 Å². The average molecular weight is 424 g/mol. The molecule has 3 nitrogen and oxygen atoms in total. The van der Waals surface area contributed by atoms with E-state index in [0.29, 0.717) is 30.8 Å². The molecule has 26 heavy (non-hydrogen) atoms. The Labute approximate surface area is 170 Å². The summed E-state index contributed by atoms with van der Waals surface area (Å²) in [6, 6.07) is 12.5. The Balaban J connectivity index is 1.75. The van der Waals surface area contributed by atoms with E-state index in [1.807, 2.05) is 12.1 Å². The van der Waals surface area contributed by atoms with Gasteiger partial charge in [0.15, 0.2) is 10.9 Å². The number of thiazole rings is 1. The molecular formula is C19H13Cl3N2OS. The zero-order chi connectivity index (χ0) is 18.7. The minimum Gasteiger partial charge on any atom is -0.331 e. The fourth-order valence-electron chi connectivity index (χ4n) is 2.20. The second-order valence-corrected chi connectivity index (χ2v) is 7.69. The van der Waals surface area contributed by atoms with Gasteiger partial charge in [-0.1, -0.05) is 64.3 Å². The lowest BCUT2D eigenvalue weighted by atomic mass is 10.2. The number of ketones is 1. The van der Waals surface area contributed by atoms with Crippen molar-refractivity contribution in [3.05, 3.63) is 79.7 Å². The average Bonchev–Trinajstić information content (AvgIpc) is 2.98. The Hall–Kier alpha value is -1.85. The number of rotatable bonds is 5. The normalized spacial score (nSPS) is 11.1. The van der Waals surface area contributed by atoms with Crippen LogP contribution in [0.5, 0.6) is 0 Å². The van der Waals surface area contributed by atoms with E-state index in [2.05, 4.69) is 10.3 Å². The third-order valence-corrected chi connectivity index (χ3v) is 5.57. The molecule has 132 valence electrons. The first-order chi connectivity index (χ1) is 12.4. The van der Waals surface area contributed by atoms with Gasteiger partial charge in [-0.25, -0.2) is 4.98 Å². The topological polar surface area (TPSA) is 42.0 Å². The summed E-state index contributed by atoms with van der Waals surface area (Å²) in [5.41, 5.74) is 2.33. The van der Waals surface area contributed by atoms with Gasteiger partial charge < -0.3 is 5.32 Å². The molecule has 7 heteroatoms. The number of carbonyl (C=O) groups excluding carboxylic acids is 1. The fraction of sp³-hybridized carbons (Fsp3) is 0.0526. The zero-order valence-corrected chi connectivity index (χ0v) is 16.7. The van der Waals surface area contributed by atoms with Crippen molar-refractivity contribution < 1.29 is 4.79 Å². The van der Waals surface area contributed by atoms with Crippen molar-refractivity contribution in [1.82, 2.24) is 4.98 Å². The standard InChI is InChI=1S/C19H13Cl3N2OS/c1-11-18(17(25)9-4-12-2-5-13(20)6-3-12)26-19(23-11)24-14-7-8-15(21)16(22)10-14/h2-10H,1H3,(H,23,24)/b9-4+. The van der Waals surface area contributed by atoms with Gasteiger partial charge in [0.2, 0.25) is 0 Å². The molecule has 1 N–H and O–H groups in total. The van der Waals surface area contributed by atoms with Crippen molar-refractivity contribution >= 4 is 68.8 Å². The molecule has 0 aliphatic rings. The summed E-state index contributed by atoms with van der Waals surface area (Å²) in [5, 5.41) is 5.35. The van der Waals surface area contributed by atoms with Crippen molar-refractivity contribution in [1.29, 1.82) is 0 Å². The Morgan fingerprint density at radius 1 is 1.08 bits per heavy atom. The molecule has 1 aromatic heterocycles. The van der Waals surface area contributed by atoms with Crippen molar-refractivity contribution in [2.45, 2.75) is 6.92 Å². The number of anilines is 2. The molecule has 0 atom stereocenters. The maximum absolute atomic E-state index is 12.5. The maximum Gasteiger partial charge on any atom is 0.197 e. The van der Waals surface area contributed by atoms with Crippen LogP contribution in [0.2, 0.25) is 15.1 Å². The molecule has 1 heterocycles. The van der Waals surface area contributed by atoms with Crippen molar-refractivity contribution in [2.24, 2.45) is 0 Å². The van der Waals surface area contributed by atoms with Gasteiger partial charge in [0, 0.05) is 10.7 Å². The smallest absolute Gasteiger partial charge is 0.197 e. The lowest BCUT2D eigenvalue weighted by molar-refractivity contribution is 0.105. The molecule has 0 radical (unpaired) electrons. The maximum atomic E-state index is 12.5. The number of hydrogen-bond acceptors (Lipinski definition) is 4. The molecule has 0 fully saturated rings. The van der Waals surface area contributed by atoms with Gasteiger partial charge in [-0.05, 0) is 48.9 Å². The number of carbonyl (C=O) groups is 1. The number of hydrogen-bond donors (Lipinski definition) is 1. The summed E-state index contributed by atoms with van der Waals surface area (Å²) in [6.45, 7) is 1.81. The van der Waals surface area contributed by atoms with Crippen LogP contribution in [0.4, 0.5) is 10.8 Å². The third kappa shape index (κ3) is 4.65. The second-order valence-electron chi connectivity index (χ2n) is 5.44. The summed E-state index contributed by atoms with van der Waals surface area (Å²) < 4.78 is 0. The summed E-state index contributed by atoms with van der Waals surface area (Å²) in [7, 11) is 0. The molecule has 0 aliphatic heterocycles. The lowest BCUT2D eigenvalue weighted by Crippen LogP contribution is -1.93. The minimum absolute atomic E-state index is 0.0999. The van der Waals surface area contributed by atoms with Gasteiger partial charge >= 0.3 is 0 Å². The quantitative estimate of drug-likeness (QED) is 0.353. The molecule has 0 unspecified atom stereocenters. The van der Waals surface area contributed by atoms with Gasteiger partial charge in [0.05, 0.1) is 20.6 Å². The van der Waals surface area contributed by atoms with Crippen LogP contribution < -0.4 is 5.32 Å². The fourth-order valence-corrected chi connectivity index (χ4v) is 3.53. The minimum atomic E-state index is -0.0999. The summed E-state index contributed by atoms with van der Waals surface area (Å²) in [4.78, 5) is 17.4. The molecule has 0 spiro atoms. The van der Waals surface area contributed by atoms with Crippen molar-refractivity contribution in [3.8, 4) is 0 Å². The van der Waals surface area contributed by atoms with E-state index in [9.17, 15) is 4.79 Å². The summed E-state index contributed by atoms with van der Waals surface area (Å²) >= 11 is 19.1. The first kappa shape index (κ1) is 18.9. The van der Waals surface area contributed by atoms with Crippen LogP contribution in [0.3, 0.4) is 0 Å². The van der Waals surface area contributed by atoms with Crippen LogP contribution in [-0.4, -0.2) is 10.8 Å². The van der Waals surface area contributed by atoms with Crippen molar-refractivity contribution in [3.63, 3.8) is 0 Å². The predicted molar refractivity (Wildman–Crippen MR) is 111 cm³/mol. The molecule has 0 bridgehead atoms. The van der Waals surface area contributed by atoms with E-state index < -0.39 is 0 Å². The molecule has 0 amide bonds. The Morgan fingerprint density at radius 3 is 2.50 bits per heavy atom. The molecule has 0 saturated carbocycles. The molecule has 0 saturated heterocycles. The van der Waals surface area contributed by atoms with E-state index in [1.165, 1.54) is 17.4 Å².